The van der Waals surface area contributed by atoms with Gasteiger partial charge in [0.15, 0.2) is 0 Å². The first-order valence-corrected chi connectivity index (χ1v) is 10.9. The number of rotatable bonds is 8. The molecule has 28 heavy (non-hydrogen) atoms. The number of carbonyl (C=O) groups is 1. The quantitative estimate of drug-likeness (QED) is 0.591. The lowest BCUT2D eigenvalue weighted by Crippen LogP contribution is -2.24. The van der Waals surface area contributed by atoms with Crippen LogP contribution in [0.15, 0.2) is 70.9 Å². The number of methoxy groups -OCH3 is 1. The maximum atomic E-state index is 12.4. The minimum Gasteiger partial charge on any atom is -0.497 e. The van der Waals surface area contributed by atoms with Crippen molar-refractivity contribution in [2.75, 3.05) is 7.11 Å². The molecule has 0 unspecified atom stereocenters. The third-order valence-electron chi connectivity index (χ3n) is 4.06. The molecule has 1 heterocycles. The Morgan fingerprint density at radius 1 is 1.00 bits per heavy atom. The van der Waals surface area contributed by atoms with Crippen LogP contribution in [0.4, 0.5) is 0 Å². The minimum absolute atomic E-state index is 0.130. The van der Waals surface area contributed by atoms with E-state index in [0.29, 0.717) is 17.9 Å². The van der Waals surface area contributed by atoms with Gasteiger partial charge in [0.25, 0.3) is 5.91 Å². The second-order valence-corrected chi connectivity index (χ2v) is 8.76. The van der Waals surface area contributed by atoms with E-state index in [0.717, 1.165) is 10.4 Å². The molecule has 0 aliphatic heterocycles. The summed E-state index contributed by atoms with van der Waals surface area (Å²) in [5.41, 5.74) is 1.28. The summed E-state index contributed by atoms with van der Waals surface area (Å²) in [6, 6.07) is 16.9. The number of hydrogen-bond acceptors (Lipinski definition) is 5. The Hall–Kier alpha value is -2.68. The predicted octanol–water partition coefficient (Wildman–Crippen LogP) is 3.17. The van der Waals surface area contributed by atoms with Crippen molar-refractivity contribution in [2.24, 2.45) is 0 Å². The third kappa shape index (κ3) is 5.19. The number of hydrogen-bond donors (Lipinski definition) is 2. The van der Waals surface area contributed by atoms with Crippen molar-refractivity contribution in [2.45, 2.75) is 18.0 Å². The van der Waals surface area contributed by atoms with Gasteiger partial charge in [0, 0.05) is 17.0 Å². The normalized spacial score (nSPS) is 11.2. The molecule has 0 saturated heterocycles. The highest BCUT2D eigenvalue weighted by molar-refractivity contribution is 7.89. The van der Waals surface area contributed by atoms with Gasteiger partial charge in [-0.1, -0.05) is 18.2 Å². The zero-order valence-corrected chi connectivity index (χ0v) is 16.8. The summed E-state index contributed by atoms with van der Waals surface area (Å²) in [7, 11) is -2.11. The summed E-state index contributed by atoms with van der Waals surface area (Å²) in [6.45, 7) is 0.616. The first-order valence-electron chi connectivity index (χ1n) is 8.51. The average molecular weight is 417 g/mol. The van der Waals surface area contributed by atoms with Gasteiger partial charge in [-0.3, -0.25) is 4.79 Å². The average Bonchev–Trinajstić information content (AvgIpc) is 3.24. The van der Waals surface area contributed by atoms with Crippen molar-refractivity contribution in [1.29, 1.82) is 0 Å². The summed E-state index contributed by atoms with van der Waals surface area (Å²) in [6.07, 6.45) is 0. The molecule has 0 saturated carbocycles. The van der Waals surface area contributed by atoms with E-state index in [1.165, 1.54) is 19.2 Å². The molecule has 2 aromatic carbocycles. The maximum Gasteiger partial charge on any atom is 0.251 e. The van der Waals surface area contributed by atoms with Crippen LogP contribution >= 0.6 is 11.3 Å². The van der Waals surface area contributed by atoms with Gasteiger partial charge in [0.1, 0.15) is 5.75 Å². The van der Waals surface area contributed by atoms with Crippen LogP contribution in [0.5, 0.6) is 5.75 Å². The van der Waals surface area contributed by atoms with Gasteiger partial charge >= 0.3 is 0 Å². The number of sulfonamides is 1. The smallest absolute Gasteiger partial charge is 0.251 e. The van der Waals surface area contributed by atoms with Gasteiger partial charge in [0.05, 0.1) is 18.6 Å². The molecule has 0 atom stereocenters. The summed E-state index contributed by atoms with van der Waals surface area (Å²) in [5, 5.41) is 4.82. The first-order chi connectivity index (χ1) is 13.5. The molecule has 0 spiro atoms. The van der Waals surface area contributed by atoms with Gasteiger partial charge in [-0.25, -0.2) is 13.1 Å². The Kier molecular flexibility index (Phi) is 6.45. The highest BCUT2D eigenvalue weighted by atomic mass is 32.2. The molecule has 1 amide bonds. The van der Waals surface area contributed by atoms with Crippen LogP contribution in [-0.4, -0.2) is 21.4 Å². The zero-order chi connectivity index (χ0) is 20.0. The predicted molar refractivity (Wildman–Crippen MR) is 109 cm³/mol. The summed E-state index contributed by atoms with van der Waals surface area (Å²) < 4.78 is 32.3. The Morgan fingerprint density at radius 3 is 2.32 bits per heavy atom. The number of ether oxygens (including phenoxy) is 1. The molecule has 0 bridgehead atoms. The van der Waals surface area contributed by atoms with E-state index in [9.17, 15) is 13.2 Å². The SMILES string of the molecule is COc1ccc(S(=O)(=O)NCc2ccc(C(=O)NCc3cccs3)cc2)cc1. The van der Waals surface area contributed by atoms with E-state index in [1.54, 1.807) is 47.7 Å². The van der Waals surface area contributed by atoms with Crippen LogP contribution in [0, 0.1) is 0 Å². The number of benzene rings is 2. The molecule has 2 N–H and O–H groups in total. The van der Waals surface area contributed by atoms with Crippen LogP contribution in [0.1, 0.15) is 20.8 Å². The van der Waals surface area contributed by atoms with Crippen molar-refractivity contribution in [3.8, 4) is 5.75 Å². The maximum absolute atomic E-state index is 12.4. The largest absolute Gasteiger partial charge is 0.497 e. The van der Waals surface area contributed by atoms with Crippen LogP contribution in [-0.2, 0) is 23.1 Å². The standard InChI is InChI=1S/C20H20N2O4S2/c1-26-17-8-10-19(11-9-17)28(24,25)22-13-15-4-6-16(7-5-15)20(23)21-14-18-3-2-12-27-18/h2-12,22H,13-14H2,1H3,(H,21,23). The second-order valence-electron chi connectivity index (χ2n) is 5.96. The van der Waals surface area contributed by atoms with Crippen LogP contribution in [0.2, 0.25) is 0 Å². The molecule has 0 radical (unpaired) electrons. The lowest BCUT2D eigenvalue weighted by atomic mass is 10.1. The van der Waals surface area contributed by atoms with Crippen molar-refractivity contribution in [3.63, 3.8) is 0 Å². The Morgan fingerprint density at radius 2 is 1.71 bits per heavy atom. The summed E-state index contributed by atoms with van der Waals surface area (Å²) in [5.74, 6) is 0.422. The van der Waals surface area contributed by atoms with Crippen molar-refractivity contribution in [1.82, 2.24) is 10.0 Å². The van der Waals surface area contributed by atoms with Crippen LogP contribution < -0.4 is 14.8 Å². The van der Waals surface area contributed by atoms with Gasteiger partial charge in [-0.2, -0.15) is 0 Å². The lowest BCUT2D eigenvalue weighted by molar-refractivity contribution is 0.0951. The lowest BCUT2D eigenvalue weighted by Gasteiger charge is -2.09. The van der Waals surface area contributed by atoms with E-state index in [1.807, 2.05) is 17.5 Å². The van der Waals surface area contributed by atoms with Crippen molar-refractivity contribution >= 4 is 27.3 Å². The molecule has 3 aromatic rings. The van der Waals surface area contributed by atoms with Gasteiger partial charge in [-0.05, 0) is 53.4 Å². The molecule has 6 nitrogen and oxygen atoms in total. The molecular formula is C20H20N2O4S2. The fourth-order valence-electron chi connectivity index (χ4n) is 2.47. The van der Waals surface area contributed by atoms with Gasteiger partial charge in [-0.15, -0.1) is 11.3 Å². The molecular weight excluding hydrogens is 396 g/mol. The molecule has 3 rings (SSSR count). The highest BCUT2D eigenvalue weighted by Gasteiger charge is 2.14. The number of carbonyl (C=O) groups excluding carboxylic acids is 1. The first kappa shape index (κ1) is 20.1. The van der Waals surface area contributed by atoms with E-state index >= 15 is 0 Å². The molecule has 8 heteroatoms. The van der Waals surface area contributed by atoms with Crippen LogP contribution in [0.3, 0.4) is 0 Å². The molecule has 0 aliphatic rings. The van der Waals surface area contributed by atoms with Crippen molar-refractivity contribution in [3.05, 3.63) is 82.0 Å². The van der Waals surface area contributed by atoms with Gasteiger partial charge < -0.3 is 10.1 Å². The van der Waals surface area contributed by atoms with E-state index in [2.05, 4.69) is 10.0 Å². The molecule has 0 aliphatic carbocycles. The zero-order valence-electron chi connectivity index (χ0n) is 15.2. The number of nitrogens with one attached hydrogen (secondary N) is 2. The molecule has 1 aromatic heterocycles. The number of thiophene rings is 1. The summed E-state index contributed by atoms with van der Waals surface area (Å²) in [4.78, 5) is 13.4. The van der Waals surface area contributed by atoms with Gasteiger partial charge in [0.2, 0.25) is 10.0 Å². The van der Waals surface area contributed by atoms with Crippen LogP contribution in [0.25, 0.3) is 0 Å². The van der Waals surface area contributed by atoms with E-state index in [4.69, 9.17) is 4.74 Å². The third-order valence-corrected chi connectivity index (χ3v) is 6.35. The van der Waals surface area contributed by atoms with Crippen molar-refractivity contribution < 1.29 is 17.9 Å². The highest BCUT2D eigenvalue weighted by Crippen LogP contribution is 2.16. The van der Waals surface area contributed by atoms with E-state index in [-0.39, 0.29) is 17.3 Å². The Bertz CT molecular complexity index is 1010. The Labute approximate surface area is 168 Å². The topological polar surface area (TPSA) is 84.5 Å². The minimum atomic E-state index is -3.63. The fraction of sp³-hybridized carbons (Fsp3) is 0.150. The molecule has 0 fully saturated rings. The number of amides is 1. The Balaban J connectivity index is 1.56. The monoisotopic (exact) mass is 416 g/mol. The van der Waals surface area contributed by atoms with E-state index < -0.39 is 10.0 Å². The summed E-state index contributed by atoms with van der Waals surface area (Å²) >= 11 is 1.58. The fourth-order valence-corrected chi connectivity index (χ4v) is 4.14. The second kappa shape index (κ2) is 9.01. The molecule has 146 valence electrons.